The molecule has 4 nitrogen and oxygen atoms in total. The highest BCUT2D eigenvalue weighted by Gasteiger charge is 2.15. The van der Waals surface area contributed by atoms with Gasteiger partial charge in [0.25, 0.3) is 5.91 Å². The van der Waals surface area contributed by atoms with Gasteiger partial charge in [-0.25, -0.2) is 4.98 Å². The average Bonchev–Trinajstić information content (AvgIpc) is 2.52. The maximum atomic E-state index is 12.3. The number of rotatable bonds is 5. The smallest absolute Gasteiger partial charge is 0.251 e. The van der Waals surface area contributed by atoms with Crippen molar-refractivity contribution in [3.05, 3.63) is 23.4 Å². The lowest BCUT2D eigenvalue weighted by atomic mass is 9.89. The normalized spacial score (nSPS) is 15.9. The van der Waals surface area contributed by atoms with E-state index in [2.05, 4.69) is 15.6 Å². The fraction of sp³-hybridized carbons (Fsp3) is 0.625. The summed E-state index contributed by atoms with van der Waals surface area (Å²) in [6.45, 7) is 2.85. The second kappa shape index (κ2) is 7.27. The maximum absolute atomic E-state index is 12.3. The average molecular weight is 275 g/mol. The third-order valence-electron chi connectivity index (χ3n) is 4.03. The number of anilines is 1. The first-order chi connectivity index (χ1) is 9.72. The van der Waals surface area contributed by atoms with Crippen LogP contribution in [0, 0.1) is 5.92 Å². The second-order valence-corrected chi connectivity index (χ2v) is 5.55. The molecule has 0 aromatic carbocycles. The zero-order valence-corrected chi connectivity index (χ0v) is 12.5. The first-order valence-corrected chi connectivity index (χ1v) is 7.69. The fourth-order valence-corrected chi connectivity index (χ4v) is 2.76. The Morgan fingerprint density at radius 3 is 2.70 bits per heavy atom. The topological polar surface area (TPSA) is 54.0 Å². The van der Waals surface area contributed by atoms with E-state index in [-0.39, 0.29) is 5.91 Å². The van der Waals surface area contributed by atoms with Gasteiger partial charge in [0.15, 0.2) is 0 Å². The van der Waals surface area contributed by atoms with Crippen LogP contribution in [-0.2, 0) is 6.42 Å². The van der Waals surface area contributed by atoms with E-state index in [1.54, 1.807) is 0 Å². The van der Waals surface area contributed by atoms with E-state index in [1.807, 2.05) is 26.1 Å². The van der Waals surface area contributed by atoms with Gasteiger partial charge in [0.1, 0.15) is 5.82 Å². The molecule has 1 saturated carbocycles. The third-order valence-corrected chi connectivity index (χ3v) is 4.03. The van der Waals surface area contributed by atoms with Crippen LogP contribution in [0.25, 0.3) is 0 Å². The minimum Gasteiger partial charge on any atom is -0.373 e. The van der Waals surface area contributed by atoms with Crippen molar-refractivity contribution < 1.29 is 4.79 Å². The summed E-state index contributed by atoms with van der Waals surface area (Å²) in [6, 6.07) is 3.70. The van der Waals surface area contributed by atoms with Crippen LogP contribution in [0.3, 0.4) is 0 Å². The molecule has 0 saturated heterocycles. The molecule has 1 heterocycles. The number of nitrogens with one attached hydrogen (secondary N) is 2. The Balaban J connectivity index is 1.97. The minimum atomic E-state index is 0.0178. The summed E-state index contributed by atoms with van der Waals surface area (Å²) in [5.41, 5.74) is 1.65. The molecule has 0 atom stereocenters. The van der Waals surface area contributed by atoms with Gasteiger partial charge in [-0.1, -0.05) is 26.2 Å². The van der Waals surface area contributed by atoms with Crippen molar-refractivity contribution in [2.24, 2.45) is 5.92 Å². The SMILES string of the molecule is CCc1cc(C(=O)NCC2CCCCC2)cc(NC)n1. The Hall–Kier alpha value is -1.58. The van der Waals surface area contributed by atoms with Crippen LogP contribution < -0.4 is 10.6 Å². The Labute approximate surface area is 121 Å². The number of pyridine rings is 1. The van der Waals surface area contributed by atoms with Gasteiger partial charge < -0.3 is 10.6 Å². The van der Waals surface area contributed by atoms with Crippen molar-refractivity contribution >= 4 is 11.7 Å². The van der Waals surface area contributed by atoms with Crippen molar-refractivity contribution in [2.45, 2.75) is 45.4 Å². The summed E-state index contributed by atoms with van der Waals surface area (Å²) in [5.74, 6) is 1.43. The molecule has 1 aliphatic carbocycles. The molecule has 1 aromatic rings. The molecular weight excluding hydrogens is 250 g/mol. The quantitative estimate of drug-likeness (QED) is 0.868. The van der Waals surface area contributed by atoms with Gasteiger partial charge in [0.05, 0.1) is 0 Å². The van der Waals surface area contributed by atoms with Gasteiger partial charge in [-0.05, 0) is 37.3 Å². The van der Waals surface area contributed by atoms with Gasteiger partial charge in [0.2, 0.25) is 0 Å². The van der Waals surface area contributed by atoms with E-state index in [1.165, 1.54) is 32.1 Å². The third kappa shape index (κ3) is 3.95. The summed E-state index contributed by atoms with van der Waals surface area (Å²) < 4.78 is 0. The highest BCUT2D eigenvalue weighted by atomic mass is 16.1. The molecule has 0 aliphatic heterocycles. The first-order valence-electron chi connectivity index (χ1n) is 7.69. The van der Waals surface area contributed by atoms with Crippen LogP contribution in [0.1, 0.15) is 55.1 Å². The summed E-state index contributed by atoms with van der Waals surface area (Å²) in [6.07, 6.45) is 7.29. The predicted molar refractivity (Wildman–Crippen MR) is 82.1 cm³/mol. The lowest BCUT2D eigenvalue weighted by Gasteiger charge is -2.21. The predicted octanol–water partition coefficient (Wildman–Crippen LogP) is 3.00. The molecule has 0 spiro atoms. The van der Waals surface area contributed by atoms with Crippen molar-refractivity contribution in [2.75, 3.05) is 18.9 Å². The molecule has 110 valence electrons. The van der Waals surface area contributed by atoms with Crippen LogP contribution in [0.15, 0.2) is 12.1 Å². The van der Waals surface area contributed by atoms with Gasteiger partial charge in [-0.15, -0.1) is 0 Å². The van der Waals surface area contributed by atoms with Crippen LogP contribution in [0.5, 0.6) is 0 Å². The molecule has 1 amide bonds. The Kier molecular flexibility index (Phi) is 5.39. The van der Waals surface area contributed by atoms with Gasteiger partial charge in [0, 0.05) is 24.8 Å². The Morgan fingerprint density at radius 2 is 2.05 bits per heavy atom. The number of hydrogen-bond donors (Lipinski definition) is 2. The highest BCUT2D eigenvalue weighted by molar-refractivity contribution is 5.95. The number of aromatic nitrogens is 1. The molecular formula is C16H25N3O. The molecule has 2 N–H and O–H groups in total. The molecule has 2 rings (SSSR count). The molecule has 0 unspecified atom stereocenters. The molecule has 1 fully saturated rings. The summed E-state index contributed by atoms with van der Waals surface area (Å²) in [7, 11) is 1.82. The number of hydrogen-bond acceptors (Lipinski definition) is 3. The monoisotopic (exact) mass is 275 g/mol. The van der Waals surface area contributed by atoms with Crippen LogP contribution >= 0.6 is 0 Å². The Bertz CT molecular complexity index is 431. The molecule has 1 aromatic heterocycles. The van der Waals surface area contributed by atoms with Gasteiger partial charge in [-0.2, -0.15) is 0 Å². The van der Waals surface area contributed by atoms with E-state index in [9.17, 15) is 4.79 Å². The largest absolute Gasteiger partial charge is 0.373 e. The van der Waals surface area contributed by atoms with Crippen LogP contribution in [0.4, 0.5) is 5.82 Å². The number of nitrogens with zero attached hydrogens (tertiary/aromatic N) is 1. The zero-order valence-electron chi connectivity index (χ0n) is 12.5. The van der Waals surface area contributed by atoms with Crippen molar-refractivity contribution in [3.63, 3.8) is 0 Å². The number of carbonyl (C=O) groups excluding carboxylic acids is 1. The summed E-state index contributed by atoms with van der Waals surface area (Å²) in [4.78, 5) is 16.7. The molecule has 0 bridgehead atoms. The van der Waals surface area contributed by atoms with Crippen LogP contribution in [0.2, 0.25) is 0 Å². The Morgan fingerprint density at radius 1 is 1.30 bits per heavy atom. The van der Waals surface area contributed by atoms with E-state index < -0.39 is 0 Å². The van der Waals surface area contributed by atoms with E-state index in [0.29, 0.717) is 11.5 Å². The van der Waals surface area contributed by atoms with E-state index >= 15 is 0 Å². The van der Waals surface area contributed by atoms with E-state index in [0.717, 1.165) is 24.5 Å². The molecule has 20 heavy (non-hydrogen) atoms. The standard InChI is InChI=1S/C16H25N3O/c1-3-14-9-13(10-15(17-2)19-14)16(20)18-11-12-7-5-4-6-8-12/h9-10,12H,3-8,11H2,1-2H3,(H,17,19)(H,18,20). The second-order valence-electron chi connectivity index (χ2n) is 5.55. The number of carbonyl (C=O) groups is 1. The van der Waals surface area contributed by atoms with Crippen molar-refractivity contribution in [3.8, 4) is 0 Å². The lowest BCUT2D eigenvalue weighted by Crippen LogP contribution is -2.30. The number of amides is 1. The zero-order chi connectivity index (χ0) is 14.4. The highest BCUT2D eigenvalue weighted by Crippen LogP contribution is 2.22. The maximum Gasteiger partial charge on any atom is 0.251 e. The van der Waals surface area contributed by atoms with Crippen molar-refractivity contribution in [1.82, 2.24) is 10.3 Å². The van der Waals surface area contributed by atoms with Crippen molar-refractivity contribution in [1.29, 1.82) is 0 Å². The number of aryl methyl sites for hydroxylation is 1. The summed E-state index contributed by atoms with van der Waals surface area (Å²) in [5, 5.41) is 6.09. The molecule has 0 radical (unpaired) electrons. The fourth-order valence-electron chi connectivity index (χ4n) is 2.76. The minimum absolute atomic E-state index is 0.0178. The van der Waals surface area contributed by atoms with Crippen LogP contribution in [-0.4, -0.2) is 24.5 Å². The van der Waals surface area contributed by atoms with E-state index in [4.69, 9.17) is 0 Å². The summed E-state index contributed by atoms with van der Waals surface area (Å²) >= 11 is 0. The van der Waals surface area contributed by atoms with Gasteiger partial charge in [-0.3, -0.25) is 4.79 Å². The first kappa shape index (κ1) is 14.8. The molecule has 1 aliphatic rings. The van der Waals surface area contributed by atoms with Gasteiger partial charge >= 0.3 is 0 Å². The lowest BCUT2D eigenvalue weighted by molar-refractivity contribution is 0.0943. The molecule has 4 heteroatoms.